The van der Waals surface area contributed by atoms with Crippen molar-refractivity contribution in [3.8, 4) is 0 Å². The topological polar surface area (TPSA) is 75.3 Å². The van der Waals surface area contributed by atoms with Gasteiger partial charge in [-0.3, -0.25) is 4.98 Å². The number of pyridine rings is 1. The third kappa shape index (κ3) is 8.41. The van der Waals surface area contributed by atoms with Gasteiger partial charge in [-0.05, 0) is 50.3 Å². The zero-order valence-electron chi connectivity index (χ0n) is 15.5. The third-order valence-electron chi connectivity index (χ3n) is 2.81. The summed E-state index contributed by atoms with van der Waals surface area (Å²) in [7, 11) is 3.75. The van der Waals surface area contributed by atoms with Gasteiger partial charge in [0.25, 0.3) is 0 Å². The molecular weight excluding hydrogens is 298 g/mol. The van der Waals surface area contributed by atoms with Crippen molar-refractivity contribution in [1.82, 2.24) is 15.7 Å². The lowest BCUT2D eigenvalue weighted by Crippen LogP contribution is -2.30. The summed E-state index contributed by atoms with van der Waals surface area (Å²) < 4.78 is 0. The number of rotatable bonds is 4. The second-order valence-electron chi connectivity index (χ2n) is 4.76. The Balaban J connectivity index is 0.000000952. The van der Waals surface area contributed by atoms with Gasteiger partial charge < -0.3 is 10.7 Å². The number of aryl methyl sites for hydroxylation is 1. The largest absolute Gasteiger partial charge is 0.323 e. The molecule has 0 amide bonds. The summed E-state index contributed by atoms with van der Waals surface area (Å²) in [6.45, 7) is 6.17. The van der Waals surface area contributed by atoms with Gasteiger partial charge in [0.15, 0.2) is 0 Å². The molecule has 0 saturated carbocycles. The van der Waals surface area contributed by atoms with E-state index in [0.717, 1.165) is 24.1 Å². The molecule has 132 valence electrons. The minimum absolute atomic E-state index is 0.630. The number of amidine groups is 1. The quantitative estimate of drug-likeness (QED) is 0.348. The van der Waals surface area contributed by atoms with Gasteiger partial charge in [0.05, 0.1) is 5.69 Å². The van der Waals surface area contributed by atoms with E-state index in [1.54, 1.807) is 12.4 Å². The number of nitrogens with zero attached hydrogens (tertiary/aromatic N) is 2. The lowest BCUT2D eigenvalue weighted by atomic mass is 10.1. The van der Waals surface area contributed by atoms with E-state index >= 15 is 0 Å². The SMILES string of the molecule is CC.CCCc1ccc(N=C(NN)c2ccncc2)cc1.CNC. The molecule has 0 spiro atoms. The number of hydrogen-bond acceptors (Lipinski definition) is 4. The maximum atomic E-state index is 5.53. The van der Waals surface area contributed by atoms with E-state index in [4.69, 9.17) is 5.84 Å². The molecule has 2 aromatic rings. The number of nitrogens with one attached hydrogen (secondary N) is 2. The van der Waals surface area contributed by atoms with Crippen molar-refractivity contribution in [3.63, 3.8) is 0 Å². The van der Waals surface area contributed by atoms with Gasteiger partial charge in [-0.15, -0.1) is 0 Å². The van der Waals surface area contributed by atoms with Crippen LogP contribution in [0.1, 0.15) is 38.3 Å². The van der Waals surface area contributed by atoms with E-state index in [0.29, 0.717) is 5.84 Å². The number of aromatic nitrogens is 1. The van der Waals surface area contributed by atoms with Crippen LogP contribution in [0.2, 0.25) is 0 Å². The van der Waals surface area contributed by atoms with Crippen LogP contribution in [0.3, 0.4) is 0 Å². The van der Waals surface area contributed by atoms with Crippen LogP contribution in [-0.2, 0) is 6.42 Å². The van der Waals surface area contributed by atoms with Crippen LogP contribution >= 0.6 is 0 Å². The van der Waals surface area contributed by atoms with Crippen LogP contribution < -0.4 is 16.6 Å². The summed E-state index contributed by atoms with van der Waals surface area (Å²) in [5, 5.41) is 2.75. The standard InChI is InChI=1S/C15H18N4.C2H7N.C2H6/c1-2-3-12-4-6-14(7-5-12)18-15(19-16)13-8-10-17-11-9-13;1-3-2;1-2/h4-11H,2-3,16H2,1H3,(H,18,19);3H,1-2H3;1-2H3. The lowest BCUT2D eigenvalue weighted by Gasteiger charge is -2.06. The molecule has 0 unspecified atom stereocenters. The maximum absolute atomic E-state index is 5.53. The Morgan fingerprint density at radius 1 is 1.04 bits per heavy atom. The molecule has 0 fully saturated rings. The maximum Gasteiger partial charge on any atom is 0.148 e. The first-order valence-corrected chi connectivity index (χ1v) is 8.38. The predicted octanol–water partition coefficient (Wildman–Crippen LogP) is 3.44. The van der Waals surface area contributed by atoms with Crippen LogP contribution in [0.25, 0.3) is 0 Å². The molecule has 1 heterocycles. The first kappa shape index (κ1) is 21.8. The van der Waals surface area contributed by atoms with Gasteiger partial charge in [0.2, 0.25) is 0 Å². The minimum atomic E-state index is 0.630. The fourth-order valence-corrected chi connectivity index (χ4v) is 1.84. The highest BCUT2D eigenvalue weighted by Crippen LogP contribution is 2.15. The second kappa shape index (κ2) is 14.4. The zero-order valence-corrected chi connectivity index (χ0v) is 15.5. The predicted molar refractivity (Wildman–Crippen MR) is 105 cm³/mol. The minimum Gasteiger partial charge on any atom is -0.323 e. The van der Waals surface area contributed by atoms with E-state index in [2.05, 4.69) is 39.8 Å². The monoisotopic (exact) mass is 329 g/mol. The molecule has 0 atom stereocenters. The Hall–Kier alpha value is -2.24. The second-order valence-corrected chi connectivity index (χ2v) is 4.76. The molecule has 5 nitrogen and oxygen atoms in total. The smallest absolute Gasteiger partial charge is 0.148 e. The zero-order chi connectivity index (χ0) is 18.2. The molecule has 5 heteroatoms. The molecule has 0 aliphatic rings. The molecule has 0 aliphatic heterocycles. The first-order chi connectivity index (χ1) is 11.7. The summed E-state index contributed by atoms with van der Waals surface area (Å²) in [5.74, 6) is 6.16. The summed E-state index contributed by atoms with van der Waals surface area (Å²) in [6, 6.07) is 11.9. The van der Waals surface area contributed by atoms with E-state index < -0.39 is 0 Å². The van der Waals surface area contributed by atoms with E-state index in [9.17, 15) is 0 Å². The number of hydrazine groups is 1. The van der Waals surface area contributed by atoms with Crippen molar-refractivity contribution in [3.05, 3.63) is 59.9 Å². The summed E-state index contributed by atoms with van der Waals surface area (Å²) in [5.41, 5.74) is 5.75. The average Bonchev–Trinajstić information content (AvgIpc) is 2.64. The van der Waals surface area contributed by atoms with Gasteiger partial charge in [-0.2, -0.15) is 0 Å². The van der Waals surface area contributed by atoms with Gasteiger partial charge in [0, 0.05) is 18.0 Å². The molecule has 1 aromatic carbocycles. The van der Waals surface area contributed by atoms with Crippen LogP contribution in [0, 0.1) is 0 Å². The van der Waals surface area contributed by atoms with Crippen molar-refractivity contribution >= 4 is 11.5 Å². The molecule has 0 radical (unpaired) electrons. The van der Waals surface area contributed by atoms with E-state index in [1.807, 2.05) is 52.2 Å². The molecular formula is C19H31N5. The summed E-state index contributed by atoms with van der Waals surface area (Å²) >= 11 is 0. The van der Waals surface area contributed by atoms with Crippen molar-refractivity contribution in [1.29, 1.82) is 0 Å². The van der Waals surface area contributed by atoms with Crippen molar-refractivity contribution < 1.29 is 0 Å². The average molecular weight is 329 g/mol. The molecule has 4 N–H and O–H groups in total. The summed E-state index contributed by atoms with van der Waals surface area (Å²) in [4.78, 5) is 8.48. The van der Waals surface area contributed by atoms with Gasteiger partial charge in [0.1, 0.15) is 5.84 Å². The van der Waals surface area contributed by atoms with Crippen LogP contribution in [0.4, 0.5) is 5.69 Å². The Kier molecular flexibility index (Phi) is 13.0. The highest BCUT2D eigenvalue weighted by Gasteiger charge is 2.01. The van der Waals surface area contributed by atoms with Gasteiger partial charge >= 0.3 is 0 Å². The van der Waals surface area contributed by atoms with Crippen LogP contribution in [-0.4, -0.2) is 24.9 Å². The number of benzene rings is 1. The Bertz CT molecular complexity index is 550. The number of nitrogens with two attached hydrogens (primary N) is 1. The van der Waals surface area contributed by atoms with Crippen molar-refractivity contribution in [2.45, 2.75) is 33.6 Å². The van der Waals surface area contributed by atoms with E-state index in [1.165, 1.54) is 5.56 Å². The fourth-order valence-electron chi connectivity index (χ4n) is 1.84. The molecule has 0 bridgehead atoms. The van der Waals surface area contributed by atoms with Crippen molar-refractivity contribution in [2.75, 3.05) is 14.1 Å². The normalized spacial score (nSPS) is 10.0. The molecule has 1 aromatic heterocycles. The fraction of sp³-hybridized carbons (Fsp3) is 0.368. The highest BCUT2D eigenvalue weighted by molar-refractivity contribution is 5.99. The number of hydrogen-bond donors (Lipinski definition) is 3. The summed E-state index contributed by atoms with van der Waals surface area (Å²) in [6.07, 6.45) is 5.67. The Morgan fingerprint density at radius 2 is 1.58 bits per heavy atom. The van der Waals surface area contributed by atoms with Crippen LogP contribution in [0.15, 0.2) is 53.8 Å². The lowest BCUT2D eigenvalue weighted by molar-refractivity contribution is 0.922. The molecule has 0 aliphatic carbocycles. The van der Waals surface area contributed by atoms with Crippen LogP contribution in [0.5, 0.6) is 0 Å². The third-order valence-corrected chi connectivity index (χ3v) is 2.81. The molecule has 24 heavy (non-hydrogen) atoms. The van der Waals surface area contributed by atoms with Gasteiger partial charge in [-0.1, -0.05) is 39.3 Å². The number of aliphatic imine (C=N–C) groups is 1. The first-order valence-electron chi connectivity index (χ1n) is 8.38. The molecule has 0 saturated heterocycles. The molecule has 2 rings (SSSR count). The van der Waals surface area contributed by atoms with Gasteiger partial charge in [-0.25, -0.2) is 10.8 Å². The van der Waals surface area contributed by atoms with Crippen molar-refractivity contribution in [2.24, 2.45) is 10.8 Å². The van der Waals surface area contributed by atoms with E-state index in [-0.39, 0.29) is 0 Å². The Morgan fingerprint density at radius 3 is 2.04 bits per heavy atom. The highest BCUT2D eigenvalue weighted by atomic mass is 15.2. The Labute approximate surface area is 146 Å².